The van der Waals surface area contributed by atoms with Crippen LogP contribution in [0.25, 0.3) is 0 Å². The predicted molar refractivity (Wildman–Crippen MR) is 63.9 cm³/mol. The largest absolute Gasteiger partial charge is 0.399 e. The molecule has 1 amide bonds. The van der Waals surface area contributed by atoms with Crippen LogP contribution in [0.15, 0.2) is 24.3 Å². The summed E-state index contributed by atoms with van der Waals surface area (Å²) in [5.41, 5.74) is 6.24. The van der Waals surface area contributed by atoms with Gasteiger partial charge in [0.05, 0.1) is 12.0 Å². The Morgan fingerprint density at radius 3 is 2.75 bits per heavy atom. The summed E-state index contributed by atoms with van der Waals surface area (Å²) >= 11 is 0. The lowest BCUT2D eigenvalue weighted by Gasteiger charge is -2.17. The molecule has 0 aromatic heterocycles. The number of nitrogens with two attached hydrogens (primary N) is 1. The summed E-state index contributed by atoms with van der Waals surface area (Å²) < 4.78 is 0. The number of anilines is 1. The van der Waals surface area contributed by atoms with E-state index in [4.69, 9.17) is 5.73 Å². The van der Waals surface area contributed by atoms with Crippen LogP contribution in [0.2, 0.25) is 0 Å². The highest BCUT2D eigenvalue weighted by Gasteiger charge is 2.13. The fourth-order valence-electron chi connectivity index (χ4n) is 1.27. The van der Waals surface area contributed by atoms with Crippen molar-refractivity contribution >= 4 is 11.6 Å². The molecule has 1 aromatic rings. The van der Waals surface area contributed by atoms with Gasteiger partial charge in [-0.3, -0.25) is 4.79 Å². The van der Waals surface area contributed by atoms with Gasteiger partial charge in [0.1, 0.15) is 0 Å². The minimum atomic E-state index is -0.884. The van der Waals surface area contributed by atoms with Crippen LogP contribution < -0.4 is 11.1 Å². The van der Waals surface area contributed by atoms with E-state index in [9.17, 15) is 9.90 Å². The minimum absolute atomic E-state index is 0.118. The monoisotopic (exact) mass is 222 g/mol. The maximum Gasteiger partial charge on any atom is 0.224 e. The second-order valence-corrected chi connectivity index (χ2v) is 4.51. The van der Waals surface area contributed by atoms with Gasteiger partial charge in [-0.2, -0.15) is 0 Å². The Hall–Kier alpha value is -1.55. The third-order valence-corrected chi connectivity index (χ3v) is 2.03. The zero-order valence-electron chi connectivity index (χ0n) is 9.66. The van der Waals surface area contributed by atoms with E-state index in [2.05, 4.69) is 5.32 Å². The molecule has 0 saturated carbocycles. The van der Waals surface area contributed by atoms with Crippen molar-refractivity contribution in [3.05, 3.63) is 29.8 Å². The Labute approximate surface area is 95.5 Å². The Morgan fingerprint density at radius 1 is 1.50 bits per heavy atom. The standard InChI is InChI=1S/C12H18N2O2/c1-12(2,16)8-14-11(15)7-9-4-3-5-10(13)6-9/h3-6,16H,7-8,13H2,1-2H3,(H,14,15). The van der Waals surface area contributed by atoms with Crippen LogP contribution in [-0.4, -0.2) is 23.2 Å². The molecule has 0 radical (unpaired) electrons. The topological polar surface area (TPSA) is 75.3 Å². The van der Waals surface area contributed by atoms with E-state index in [1.807, 2.05) is 12.1 Å². The summed E-state index contributed by atoms with van der Waals surface area (Å²) in [5.74, 6) is -0.118. The molecule has 0 saturated heterocycles. The van der Waals surface area contributed by atoms with Crippen LogP contribution in [-0.2, 0) is 11.2 Å². The molecule has 88 valence electrons. The summed E-state index contributed by atoms with van der Waals surface area (Å²) in [4.78, 5) is 11.5. The molecule has 1 aromatic carbocycles. The number of amides is 1. The van der Waals surface area contributed by atoms with Crippen LogP contribution in [0.3, 0.4) is 0 Å². The summed E-state index contributed by atoms with van der Waals surface area (Å²) in [6.07, 6.45) is 0.279. The number of aliphatic hydroxyl groups is 1. The lowest BCUT2D eigenvalue weighted by Crippen LogP contribution is -2.38. The van der Waals surface area contributed by atoms with E-state index >= 15 is 0 Å². The van der Waals surface area contributed by atoms with E-state index < -0.39 is 5.60 Å². The van der Waals surface area contributed by atoms with Gasteiger partial charge in [0, 0.05) is 12.2 Å². The third kappa shape index (κ3) is 4.79. The first-order valence-corrected chi connectivity index (χ1v) is 5.20. The van der Waals surface area contributed by atoms with E-state index in [-0.39, 0.29) is 18.9 Å². The predicted octanol–water partition coefficient (Wildman–Crippen LogP) is 0.698. The highest BCUT2D eigenvalue weighted by Crippen LogP contribution is 2.07. The van der Waals surface area contributed by atoms with Crippen molar-refractivity contribution in [2.24, 2.45) is 0 Å². The molecular weight excluding hydrogens is 204 g/mol. The van der Waals surface area contributed by atoms with Gasteiger partial charge in [0.2, 0.25) is 5.91 Å². The van der Waals surface area contributed by atoms with E-state index in [0.717, 1.165) is 5.56 Å². The second-order valence-electron chi connectivity index (χ2n) is 4.51. The molecule has 0 spiro atoms. The maximum atomic E-state index is 11.5. The smallest absolute Gasteiger partial charge is 0.224 e. The normalized spacial score (nSPS) is 11.2. The average molecular weight is 222 g/mol. The number of hydrogen-bond acceptors (Lipinski definition) is 3. The molecule has 0 aliphatic rings. The number of nitrogen functional groups attached to an aromatic ring is 1. The quantitative estimate of drug-likeness (QED) is 0.656. The first-order valence-electron chi connectivity index (χ1n) is 5.20. The van der Waals surface area contributed by atoms with Crippen molar-refractivity contribution in [3.63, 3.8) is 0 Å². The SMILES string of the molecule is CC(C)(O)CNC(=O)Cc1cccc(N)c1. The van der Waals surface area contributed by atoms with Gasteiger partial charge in [-0.1, -0.05) is 12.1 Å². The zero-order chi connectivity index (χ0) is 12.2. The lowest BCUT2D eigenvalue weighted by molar-refractivity contribution is -0.121. The molecule has 1 rings (SSSR count). The van der Waals surface area contributed by atoms with Gasteiger partial charge >= 0.3 is 0 Å². The molecule has 0 unspecified atom stereocenters. The van der Waals surface area contributed by atoms with E-state index in [1.54, 1.807) is 26.0 Å². The summed E-state index contributed by atoms with van der Waals surface area (Å²) in [5, 5.41) is 12.1. The Kier molecular flexibility index (Phi) is 3.90. The Bertz CT molecular complexity index is 370. The van der Waals surface area contributed by atoms with E-state index in [0.29, 0.717) is 5.69 Å². The molecule has 0 fully saturated rings. The fourth-order valence-corrected chi connectivity index (χ4v) is 1.27. The molecule has 0 aliphatic heterocycles. The minimum Gasteiger partial charge on any atom is -0.399 e. The summed E-state index contributed by atoms with van der Waals surface area (Å²) in [6, 6.07) is 7.20. The van der Waals surface area contributed by atoms with Crippen molar-refractivity contribution in [2.45, 2.75) is 25.9 Å². The van der Waals surface area contributed by atoms with Crippen molar-refractivity contribution in [2.75, 3.05) is 12.3 Å². The number of benzene rings is 1. The van der Waals surface area contributed by atoms with Gasteiger partial charge in [-0.15, -0.1) is 0 Å². The van der Waals surface area contributed by atoms with Crippen LogP contribution in [0.4, 0.5) is 5.69 Å². The van der Waals surface area contributed by atoms with Gasteiger partial charge in [-0.05, 0) is 31.5 Å². The van der Waals surface area contributed by atoms with Crippen LogP contribution >= 0.6 is 0 Å². The summed E-state index contributed by atoms with van der Waals surface area (Å²) in [6.45, 7) is 3.54. The van der Waals surface area contributed by atoms with Crippen molar-refractivity contribution in [3.8, 4) is 0 Å². The Morgan fingerprint density at radius 2 is 2.19 bits per heavy atom. The van der Waals surface area contributed by atoms with Crippen LogP contribution in [0.5, 0.6) is 0 Å². The van der Waals surface area contributed by atoms with Crippen LogP contribution in [0, 0.1) is 0 Å². The number of carbonyl (C=O) groups excluding carboxylic acids is 1. The number of hydrogen-bond donors (Lipinski definition) is 3. The number of rotatable bonds is 4. The molecule has 4 heteroatoms. The molecule has 0 bridgehead atoms. The van der Waals surface area contributed by atoms with Gasteiger partial charge in [0.25, 0.3) is 0 Å². The average Bonchev–Trinajstić information content (AvgIpc) is 2.14. The highest BCUT2D eigenvalue weighted by molar-refractivity contribution is 5.78. The van der Waals surface area contributed by atoms with Crippen molar-refractivity contribution in [1.29, 1.82) is 0 Å². The first kappa shape index (κ1) is 12.5. The molecule has 4 N–H and O–H groups in total. The molecule has 0 aliphatic carbocycles. The number of nitrogens with one attached hydrogen (secondary N) is 1. The molecular formula is C12H18N2O2. The van der Waals surface area contributed by atoms with Gasteiger partial charge in [-0.25, -0.2) is 0 Å². The van der Waals surface area contributed by atoms with E-state index in [1.165, 1.54) is 0 Å². The van der Waals surface area contributed by atoms with Gasteiger partial charge < -0.3 is 16.2 Å². The molecule has 4 nitrogen and oxygen atoms in total. The molecule has 0 atom stereocenters. The summed E-state index contributed by atoms with van der Waals surface area (Å²) in [7, 11) is 0. The third-order valence-electron chi connectivity index (χ3n) is 2.03. The maximum absolute atomic E-state index is 11.5. The van der Waals surface area contributed by atoms with Crippen LogP contribution in [0.1, 0.15) is 19.4 Å². The highest BCUT2D eigenvalue weighted by atomic mass is 16.3. The lowest BCUT2D eigenvalue weighted by atomic mass is 10.1. The zero-order valence-corrected chi connectivity index (χ0v) is 9.66. The molecule has 0 heterocycles. The van der Waals surface area contributed by atoms with Crippen molar-refractivity contribution in [1.82, 2.24) is 5.32 Å². The molecule has 16 heavy (non-hydrogen) atoms. The number of carbonyl (C=O) groups is 1. The Balaban J connectivity index is 2.46. The van der Waals surface area contributed by atoms with Gasteiger partial charge in [0.15, 0.2) is 0 Å². The van der Waals surface area contributed by atoms with Crippen molar-refractivity contribution < 1.29 is 9.90 Å². The second kappa shape index (κ2) is 4.99. The first-order chi connectivity index (χ1) is 7.37. The fraction of sp³-hybridized carbons (Fsp3) is 0.417.